The fourth-order valence-corrected chi connectivity index (χ4v) is 0.588. The van der Waals surface area contributed by atoms with Gasteiger partial charge in [0.1, 0.15) is 0 Å². The number of fused-ring (bicyclic) bond motifs is 1. The van der Waals surface area contributed by atoms with Crippen LogP contribution in [0.1, 0.15) is 13.3 Å². The first-order valence-electron chi connectivity index (χ1n) is 2.73. The Labute approximate surface area is 47.8 Å². The average Bonchev–Trinajstić information content (AvgIpc) is 2.45. The molecule has 42 valence electrons. The van der Waals surface area contributed by atoms with Gasteiger partial charge in [-0.3, -0.25) is 9.47 Å². The molecule has 2 heteroatoms. The largest absolute Gasteiger partial charge is 0.299 e. The van der Waals surface area contributed by atoms with Crippen molar-refractivity contribution < 1.29 is 9.47 Å². The molecule has 0 radical (unpaired) electrons. The van der Waals surface area contributed by atoms with Gasteiger partial charge in [-0.2, -0.15) is 0 Å². The predicted molar refractivity (Wildman–Crippen MR) is 26.8 cm³/mol. The van der Waals surface area contributed by atoms with Gasteiger partial charge in [-0.1, -0.05) is 12.8 Å². The lowest BCUT2D eigenvalue weighted by Crippen LogP contribution is -1.91. The molecule has 2 nitrogen and oxygen atoms in total. The Hall–Kier alpha value is -0.520. The molecule has 0 amide bonds. The van der Waals surface area contributed by atoms with Gasteiger partial charge in [0.15, 0.2) is 0 Å². The van der Waals surface area contributed by atoms with Crippen molar-refractivity contribution in [3.05, 3.63) is 0 Å². The average molecular weight is 110 g/mol. The van der Waals surface area contributed by atoms with Gasteiger partial charge >= 0.3 is 0 Å². The number of rotatable bonds is 0. The molecule has 2 heterocycles. The van der Waals surface area contributed by atoms with Crippen LogP contribution in [0.25, 0.3) is 0 Å². The van der Waals surface area contributed by atoms with Crippen molar-refractivity contribution in [2.75, 3.05) is 0 Å². The van der Waals surface area contributed by atoms with E-state index >= 15 is 0 Å². The van der Waals surface area contributed by atoms with E-state index in [-0.39, 0.29) is 6.29 Å². The van der Waals surface area contributed by atoms with E-state index in [1.54, 1.807) is 0 Å². The van der Waals surface area contributed by atoms with E-state index in [4.69, 9.17) is 9.47 Å². The fourth-order valence-electron chi connectivity index (χ4n) is 0.588. The van der Waals surface area contributed by atoms with Crippen LogP contribution in [-0.2, 0) is 9.47 Å². The van der Waals surface area contributed by atoms with Gasteiger partial charge in [-0.25, -0.2) is 0 Å². The molecule has 2 fully saturated rings. The summed E-state index contributed by atoms with van der Waals surface area (Å²) < 4.78 is 9.80. The van der Waals surface area contributed by atoms with Gasteiger partial charge in [-0.05, 0) is 5.92 Å². The molecule has 0 spiro atoms. The summed E-state index contributed by atoms with van der Waals surface area (Å²) in [6, 6.07) is 0. The Morgan fingerprint density at radius 3 is 2.62 bits per heavy atom. The Kier molecular flexibility index (Phi) is 0.585. The second-order valence-electron chi connectivity index (χ2n) is 1.89. The lowest BCUT2D eigenvalue weighted by atomic mass is 10.4. The van der Waals surface area contributed by atoms with Crippen LogP contribution in [0.2, 0.25) is 0 Å². The maximum atomic E-state index is 4.90. The fraction of sp³-hybridized carbons (Fsp3) is 0.667. The van der Waals surface area contributed by atoms with Crippen molar-refractivity contribution in [1.82, 2.24) is 0 Å². The van der Waals surface area contributed by atoms with E-state index in [0.29, 0.717) is 0 Å². The lowest BCUT2D eigenvalue weighted by molar-refractivity contribution is -0.0216. The minimum Gasteiger partial charge on any atom is -0.299 e. The van der Waals surface area contributed by atoms with E-state index in [9.17, 15) is 0 Å². The number of epoxide rings is 2. The van der Waals surface area contributed by atoms with Crippen LogP contribution in [0, 0.1) is 11.8 Å². The predicted octanol–water partition coefficient (Wildman–Crippen LogP) is 0.483. The van der Waals surface area contributed by atoms with Gasteiger partial charge < -0.3 is 0 Å². The van der Waals surface area contributed by atoms with Crippen molar-refractivity contribution in [3.8, 4) is 11.8 Å². The van der Waals surface area contributed by atoms with E-state index in [2.05, 4.69) is 11.8 Å². The third-order valence-electron chi connectivity index (χ3n) is 1.20. The molecule has 0 aromatic heterocycles. The normalized spacial score (nSPS) is 46.4. The molecule has 2 saturated heterocycles. The van der Waals surface area contributed by atoms with Crippen LogP contribution in [0.5, 0.6) is 0 Å². The van der Waals surface area contributed by atoms with Crippen LogP contribution in [0.3, 0.4) is 0 Å². The molecule has 0 unspecified atom stereocenters. The quantitative estimate of drug-likeness (QED) is 0.335. The first-order chi connectivity index (χ1) is 3.87. The van der Waals surface area contributed by atoms with Gasteiger partial charge in [-0.15, -0.1) is 0 Å². The highest BCUT2D eigenvalue weighted by Crippen LogP contribution is 2.55. The highest BCUT2D eigenvalue weighted by molar-refractivity contribution is 5.26. The van der Waals surface area contributed by atoms with Crippen LogP contribution in [0.15, 0.2) is 0 Å². The van der Waals surface area contributed by atoms with Crippen LogP contribution in [0.4, 0.5) is 0 Å². The molecule has 0 aromatic rings. The van der Waals surface area contributed by atoms with Gasteiger partial charge in [0.2, 0.25) is 6.29 Å². The number of ether oxygens (including phenoxy) is 2. The van der Waals surface area contributed by atoms with E-state index in [0.717, 1.165) is 6.42 Å². The highest BCUT2D eigenvalue weighted by atomic mass is 17.0. The second-order valence-corrected chi connectivity index (χ2v) is 1.89. The Morgan fingerprint density at radius 1 is 1.62 bits per heavy atom. The summed E-state index contributed by atoms with van der Waals surface area (Å²) >= 11 is 0. The van der Waals surface area contributed by atoms with Crippen LogP contribution in [-0.4, -0.2) is 12.1 Å². The molecule has 2 aliphatic heterocycles. The monoisotopic (exact) mass is 110 g/mol. The third kappa shape index (κ3) is 0.405. The maximum Gasteiger partial charge on any atom is 0.292 e. The SMILES string of the molecule is CCC#CC12OC1O2. The third-order valence-corrected chi connectivity index (χ3v) is 1.20. The molecule has 0 bridgehead atoms. The molecular formula is C6H6O2. The number of hydrogen-bond acceptors (Lipinski definition) is 2. The first kappa shape index (κ1) is 4.37. The summed E-state index contributed by atoms with van der Waals surface area (Å²) in [6.07, 6.45) is 0.919. The summed E-state index contributed by atoms with van der Waals surface area (Å²) in [6.45, 7) is 2.00. The Bertz CT molecular complexity index is 169. The summed E-state index contributed by atoms with van der Waals surface area (Å²) in [4.78, 5) is 0. The standard InChI is InChI=1S/C6H6O2/c1-2-3-4-6-5(7-6)8-6/h5H,2H2,1H3. The van der Waals surface area contributed by atoms with Crippen molar-refractivity contribution >= 4 is 0 Å². The molecule has 8 heavy (non-hydrogen) atoms. The van der Waals surface area contributed by atoms with Crippen LogP contribution >= 0.6 is 0 Å². The maximum absolute atomic E-state index is 4.90. The zero-order valence-corrected chi connectivity index (χ0v) is 4.60. The van der Waals surface area contributed by atoms with Crippen molar-refractivity contribution in [3.63, 3.8) is 0 Å². The summed E-state index contributed by atoms with van der Waals surface area (Å²) in [7, 11) is 0. The van der Waals surface area contributed by atoms with Crippen molar-refractivity contribution in [2.45, 2.75) is 25.4 Å². The van der Waals surface area contributed by atoms with Gasteiger partial charge in [0, 0.05) is 6.42 Å². The highest BCUT2D eigenvalue weighted by Gasteiger charge is 2.77. The molecule has 0 atom stereocenters. The molecule has 2 rings (SSSR count). The minimum absolute atomic E-state index is 0.0431. The van der Waals surface area contributed by atoms with E-state index in [1.807, 2.05) is 6.92 Å². The second kappa shape index (κ2) is 1.07. The molecule has 0 saturated carbocycles. The first-order valence-corrected chi connectivity index (χ1v) is 2.73. The van der Waals surface area contributed by atoms with Gasteiger partial charge in [0.25, 0.3) is 5.79 Å². The molecule has 0 aliphatic carbocycles. The zero-order chi connectivity index (χ0) is 5.61. The summed E-state index contributed by atoms with van der Waals surface area (Å²) in [5, 5.41) is 0. The van der Waals surface area contributed by atoms with Crippen LogP contribution < -0.4 is 0 Å². The topological polar surface area (TPSA) is 25.1 Å². The Morgan fingerprint density at radius 2 is 2.25 bits per heavy atom. The zero-order valence-electron chi connectivity index (χ0n) is 4.60. The van der Waals surface area contributed by atoms with Crippen molar-refractivity contribution in [1.29, 1.82) is 0 Å². The Balaban J connectivity index is 2.00. The molecule has 0 aromatic carbocycles. The van der Waals surface area contributed by atoms with E-state index in [1.165, 1.54) is 0 Å². The molecule has 2 aliphatic rings. The lowest BCUT2D eigenvalue weighted by Gasteiger charge is -1.83. The van der Waals surface area contributed by atoms with E-state index < -0.39 is 5.79 Å². The van der Waals surface area contributed by atoms with Gasteiger partial charge in [0.05, 0.1) is 0 Å². The summed E-state index contributed by atoms with van der Waals surface area (Å²) in [5.41, 5.74) is 0. The minimum atomic E-state index is -0.393. The molecular weight excluding hydrogens is 104 g/mol. The smallest absolute Gasteiger partial charge is 0.292 e. The number of hydrogen-bond donors (Lipinski definition) is 0. The summed E-state index contributed by atoms with van der Waals surface area (Å²) in [5.74, 6) is 5.36. The molecule has 0 N–H and O–H groups in total. The van der Waals surface area contributed by atoms with Crippen molar-refractivity contribution in [2.24, 2.45) is 0 Å².